The summed E-state index contributed by atoms with van der Waals surface area (Å²) in [5, 5.41) is 0. The first-order valence-corrected chi connectivity index (χ1v) is 8.53. The molecular formula is C19H26N2O. The predicted octanol–water partition coefficient (Wildman–Crippen LogP) is 3.18. The normalized spacial score (nSPS) is 25.6. The highest BCUT2D eigenvalue weighted by atomic mass is 16.2. The Morgan fingerprint density at radius 2 is 1.86 bits per heavy atom. The lowest BCUT2D eigenvalue weighted by molar-refractivity contribution is -0.142. The molecule has 1 aromatic carbocycles. The fraction of sp³-hybridized carbons (Fsp3) is 0.526. The quantitative estimate of drug-likeness (QED) is 0.852. The zero-order valence-corrected chi connectivity index (χ0v) is 13.4. The Morgan fingerprint density at radius 3 is 2.50 bits per heavy atom. The molecule has 2 atom stereocenters. The molecule has 0 aliphatic carbocycles. The summed E-state index contributed by atoms with van der Waals surface area (Å²) in [5.41, 5.74) is 1.25. The molecule has 2 bridgehead atoms. The van der Waals surface area contributed by atoms with E-state index >= 15 is 0 Å². The molecule has 0 N–H and O–H groups in total. The summed E-state index contributed by atoms with van der Waals surface area (Å²) in [4.78, 5) is 16.9. The van der Waals surface area contributed by atoms with Crippen LogP contribution in [0.2, 0.25) is 0 Å². The molecular weight excluding hydrogens is 272 g/mol. The topological polar surface area (TPSA) is 23.6 Å². The first-order chi connectivity index (χ1) is 10.8. The number of carbonyl (C=O) groups is 1. The van der Waals surface area contributed by atoms with Gasteiger partial charge in [0.05, 0.1) is 0 Å². The van der Waals surface area contributed by atoms with Crippen molar-refractivity contribution >= 4 is 12.0 Å². The number of hydrogen-bond donors (Lipinski definition) is 0. The fourth-order valence-electron chi connectivity index (χ4n) is 3.84. The minimum absolute atomic E-state index is 0.342. The monoisotopic (exact) mass is 298 g/mol. The van der Waals surface area contributed by atoms with Gasteiger partial charge in [-0.25, -0.2) is 0 Å². The lowest BCUT2D eigenvalue weighted by atomic mass is 9.91. The number of hydrogen-bond acceptors (Lipinski definition) is 2. The third-order valence-electron chi connectivity index (χ3n) is 4.86. The summed E-state index contributed by atoms with van der Waals surface area (Å²) in [6.07, 6.45) is 8.70. The van der Waals surface area contributed by atoms with Crippen LogP contribution in [-0.4, -0.2) is 47.4 Å². The summed E-state index contributed by atoms with van der Waals surface area (Å²) in [6.45, 7) is 5.02. The van der Waals surface area contributed by atoms with Crippen molar-refractivity contribution in [1.29, 1.82) is 0 Å². The van der Waals surface area contributed by atoms with Gasteiger partial charge in [-0.2, -0.15) is 0 Å². The Balaban J connectivity index is 1.59. The van der Waals surface area contributed by atoms with Gasteiger partial charge in [-0.05, 0) is 24.8 Å². The largest absolute Gasteiger partial charge is 0.334 e. The summed E-state index contributed by atoms with van der Waals surface area (Å²) >= 11 is 0. The minimum atomic E-state index is 0.342. The van der Waals surface area contributed by atoms with E-state index < -0.39 is 0 Å². The molecule has 3 heteroatoms. The summed E-state index contributed by atoms with van der Waals surface area (Å²) in [7, 11) is 0. The van der Waals surface area contributed by atoms with Gasteiger partial charge in [0.2, 0.25) is 5.91 Å². The van der Waals surface area contributed by atoms with Gasteiger partial charge < -0.3 is 4.90 Å². The number of carbonyl (C=O) groups excluding carboxylic acids is 1. The van der Waals surface area contributed by atoms with Crippen LogP contribution in [0.5, 0.6) is 0 Å². The Hall–Kier alpha value is -1.61. The van der Waals surface area contributed by atoms with Crippen LogP contribution in [0.4, 0.5) is 0 Å². The van der Waals surface area contributed by atoms with Gasteiger partial charge in [-0.1, -0.05) is 49.4 Å². The van der Waals surface area contributed by atoms with Gasteiger partial charge in [0, 0.05) is 38.1 Å². The Morgan fingerprint density at radius 1 is 1.18 bits per heavy atom. The van der Waals surface area contributed by atoms with E-state index in [2.05, 4.69) is 46.2 Å². The van der Waals surface area contributed by atoms with E-state index in [0.717, 1.165) is 19.6 Å². The number of benzene rings is 1. The van der Waals surface area contributed by atoms with Crippen molar-refractivity contribution in [2.75, 3.05) is 19.6 Å². The summed E-state index contributed by atoms with van der Waals surface area (Å²) in [6, 6.07) is 11.3. The third-order valence-corrected chi connectivity index (χ3v) is 4.86. The molecule has 2 heterocycles. The number of fused-ring (bicyclic) bond motifs is 2. The highest BCUT2D eigenvalue weighted by Gasteiger charge is 2.38. The number of piperazine rings is 1. The standard InChI is InChI=1S/C19H26N2O/c1-2-19(22)21-17-11-6-12-18(21)15-20(14-17)13-7-10-16-8-4-3-5-9-16/h3-5,7-10,17-18H,2,6,11-15H2,1H3/b10-7+. The van der Waals surface area contributed by atoms with Gasteiger partial charge in [-0.3, -0.25) is 9.69 Å². The van der Waals surface area contributed by atoms with Crippen LogP contribution in [-0.2, 0) is 4.79 Å². The molecule has 0 saturated carbocycles. The summed E-state index contributed by atoms with van der Waals surface area (Å²) < 4.78 is 0. The van der Waals surface area contributed by atoms with Gasteiger partial charge in [-0.15, -0.1) is 0 Å². The molecule has 0 aromatic heterocycles. The molecule has 2 aliphatic heterocycles. The highest BCUT2D eigenvalue weighted by molar-refractivity contribution is 5.76. The van der Waals surface area contributed by atoms with E-state index in [9.17, 15) is 4.79 Å². The van der Waals surface area contributed by atoms with Crippen LogP contribution in [0.15, 0.2) is 36.4 Å². The zero-order valence-electron chi connectivity index (χ0n) is 13.4. The Kier molecular flexibility index (Phi) is 4.94. The lowest BCUT2D eigenvalue weighted by Gasteiger charge is -2.50. The first kappa shape index (κ1) is 15.3. The zero-order chi connectivity index (χ0) is 15.4. The smallest absolute Gasteiger partial charge is 0.222 e. The average molecular weight is 298 g/mol. The van der Waals surface area contributed by atoms with Crippen LogP contribution in [0, 0.1) is 0 Å². The molecule has 2 aliphatic rings. The number of amides is 1. The van der Waals surface area contributed by atoms with E-state index in [1.807, 2.05) is 13.0 Å². The number of piperidine rings is 1. The second kappa shape index (κ2) is 7.10. The van der Waals surface area contributed by atoms with Crippen LogP contribution in [0.3, 0.4) is 0 Å². The minimum Gasteiger partial charge on any atom is -0.334 e. The molecule has 0 radical (unpaired) electrons. The molecule has 2 unspecified atom stereocenters. The van der Waals surface area contributed by atoms with Gasteiger partial charge in [0.1, 0.15) is 0 Å². The van der Waals surface area contributed by atoms with E-state index in [4.69, 9.17) is 0 Å². The Bertz CT molecular complexity index is 511. The van der Waals surface area contributed by atoms with E-state index in [-0.39, 0.29) is 0 Å². The molecule has 118 valence electrons. The first-order valence-electron chi connectivity index (χ1n) is 8.53. The lowest BCUT2D eigenvalue weighted by Crippen LogP contribution is -2.62. The Labute approximate surface area is 133 Å². The van der Waals surface area contributed by atoms with E-state index in [1.54, 1.807) is 0 Å². The maximum Gasteiger partial charge on any atom is 0.222 e. The fourth-order valence-corrected chi connectivity index (χ4v) is 3.84. The van der Waals surface area contributed by atoms with Crippen LogP contribution in [0.1, 0.15) is 38.2 Å². The SMILES string of the molecule is CCC(=O)N1C2CCCC1CN(C/C=C/c1ccccc1)C2. The number of likely N-dealkylation sites (tertiary alicyclic amines) is 1. The van der Waals surface area contributed by atoms with Crippen LogP contribution in [0.25, 0.3) is 6.08 Å². The van der Waals surface area contributed by atoms with Crippen molar-refractivity contribution in [3.63, 3.8) is 0 Å². The van der Waals surface area contributed by atoms with Crippen LogP contribution >= 0.6 is 0 Å². The van der Waals surface area contributed by atoms with Crippen molar-refractivity contribution < 1.29 is 4.79 Å². The van der Waals surface area contributed by atoms with Crippen molar-refractivity contribution in [2.45, 2.75) is 44.7 Å². The molecule has 22 heavy (non-hydrogen) atoms. The van der Waals surface area contributed by atoms with Crippen molar-refractivity contribution in [2.24, 2.45) is 0 Å². The second-order valence-electron chi connectivity index (χ2n) is 6.42. The van der Waals surface area contributed by atoms with Gasteiger partial charge in [0.25, 0.3) is 0 Å². The van der Waals surface area contributed by atoms with Crippen molar-refractivity contribution in [1.82, 2.24) is 9.80 Å². The number of nitrogens with zero attached hydrogens (tertiary/aromatic N) is 2. The van der Waals surface area contributed by atoms with Gasteiger partial charge in [0.15, 0.2) is 0 Å². The molecule has 2 saturated heterocycles. The third kappa shape index (κ3) is 3.41. The maximum absolute atomic E-state index is 12.2. The molecule has 1 aromatic rings. The second-order valence-corrected chi connectivity index (χ2v) is 6.42. The van der Waals surface area contributed by atoms with Crippen molar-refractivity contribution in [3.8, 4) is 0 Å². The predicted molar refractivity (Wildman–Crippen MR) is 90.5 cm³/mol. The average Bonchev–Trinajstić information content (AvgIpc) is 2.54. The molecule has 2 fully saturated rings. The number of rotatable bonds is 4. The molecule has 0 spiro atoms. The van der Waals surface area contributed by atoms with E-state index in [0.29, 0.717) is 24.4 Å². The van der Waals surface area contributed by atoms with Gasteiger partial charge >= 0.3 is 0 Å². The van der Waals surface area contributed by atoms with E-state index in [1.165, 1.54) is 24.8 Å². The highest BCUT2D eigenvalue weighted by Crippen LogP contribution is 2.29. The van der Waals surface area contributed by atoms with Crippen LogP contribution < -0.4 is 0 Å². The molecule has 3 nitrogen and oxygen atoms in total. The molecule has 1 amide bonds. The molecule has 3 rings (SSSR count). The summed E-state index contributed by atoms with van der Waals surface area (Å²) in [5.74, 6) is 0.342. The van der Waals surface area contributed by atoms with Crippen molar-refractivity contribution in [3.05, 3.63) is 42.0 Å². The maximum atomic E-state index is 12.2.